The summed E-state index contributed by atoms with van der Waals surface area (Å²) in [6, 6.07) is 4.48. The van der Waals surface area contributed by atoms with Crippen molar-refractivity contribution in [2.45, 2.75) is 26.1 Å². The van der Waals surface area contributed by atoms with E-state index in [0.717, 1.165) is 12.4 Å². The minimum absolute atomic E-state index is 0. The second-order valence-corrected chi connectivity index (χ2v) is 7.32. The minimum Gasteiger partial charge on any atom is -0.488 e. The summed E-state index contributed by atoms with van der Waals surface area (Å²) in [7, 11) is 3.48. The molecule has 0 bridgehead atoms. The number of benzene rings is 1. The Morgan fingerprint density at radius 3 is 2.90 bits per heavy atom. The Balaban J connectivity index is 0.00000320. The second kappa shape index (κ2) is 8.79. The molecule has 160 valence electrons. The molecule has 29 heavy (non-hydrogen) atoms. The van der Waals surface area contributed by atoms with Crippen molar-refractivity contribution in [1.29, 1.82) is 5.41 Å². The number of nitrogens with two attached hydrogens (primary N) is 1. The van der Waals surface area contributed by atoms with Crippen LogP contribution in [0.5, 0.6) is 5.75 Å². The van der Waals surface area contributed by atoms with Crippen LogP contribution in [0.25, 0.3) is 0 Å². The fraction of sp³-hybridized carbons (Fsp3) is 0.500. The number of nitrogens with one attached hydrogen (secondary N) is 1. The van der Waals surface area contributed by atoms with Gasteiger partial charge in [0.1, 0.15) is 11.5 Å². The number of nitrogens with zero attached hydrogens (tertiary/aromatic N) is 3. The summed E-state index contributed by atoms with van der Waals surface area (Å²) in [6.07, 6.45) is -0.215. The van der Waals surface area contributed by atoms with Crippen LogP contribution in [0, 0.1) is 11.2 Å². The van der Waals surface area contributed by atoms with Gasteiger partial charge < -0.3 is 24.8 Å². The van der Waals surface area contributed by atoms with Crippen molar-refractivity contribution in [3.8, 4) is 5.75 Å². The van der Waals surface area contributed by atoms with Crippen LogP contribution in [0.2, 0.25) is 0 Å². The number of hydrogen-bond acceptors (Lipinski definition) is 7. The van der Waals surface area contributed by atoms with Gasteiger partial charge in [0.2, 0.25) is 0 Å². The number of nitrogen functional groups attached to an aromatic ring is 1. The van der Waals surface area contributed by atoms with Crippen molar-refractivity contribution >= 4 is 17.2 Å². The zero-order valence-corrected chi connectivity index (χ0v) is 17.2. The average molecular weight is 407 g/mol. The van der Waals surface area contributed by atoms with Crippen molar-refractivity contribution < 1.29 is 20.0 Å². The molecule has 0 radical (unpaired) electrons. The molecule has 9 heteroatoms. The molecule has 2 heterocycles. The molecule has 1 fully saturated rings. The number of aryl methyl sites for hydroxylation is 1. The fourth-order valence-electron chi connectivity index (χ4n) is 3.36. The van der Waals surface area contributed by atoms with Crippen molar-refractivity contribution in [3.63, 3.8) is 0 Å². The lowest BCUT2D eigenvalue weighted by molar-refractivity contribution is -0.0103. The summed E-state index contributed by atoms with van der Waals surface area (Å²) < 4.78 is 32.3. The molecule has 1 aromatic heterocycles. The van der Waals surface area contributed by atoms with Crippen molar-refractivity contribution in [2.24, 2.45) is 7.05 Å². The maximum Gasteiger partial charge on any atom is 0.167 e. The van der Waals surface area contributed by atoms with Crippen LogP contribution >= 0.6 is 0 Å². The van der Waals surface area contributed by atoms with Gasteiger partial charge in [-0.25, -0.2) is 4.39 Å². The first-order chi connectivity index (χ1) is 13.8. The molecule has 3 N–H and O–H groups in total. The van der Waals surface area contributed by atoms with Gasteiger partial charge in [-0.2, -0.15) is 5.10 Å². The monoisotopic (exact) mass is 407 g/mol. The summed E-state index contributed by atoms with van der Waals surface area (Å²) in [5, 5.41) is 13.1. The highest BCUT2D eigenvalue weighted by atomic mass is 19.1. The molecule has 0 amide bonds. The quantitative estimate of drug-likeness (QED) is 0.540. The highest BCUT2D eigenvalue weighted by Gasteiger charge is 2.24. The predicted octanol–water partition coefficient (Wildman–Crippen LogP) is 2.44. The van der Waals surface area contributed by atoms with E-state index in [1.165, 1.54) is 12.1 Å². The molecule has 1 aromatic carbocycles. The van der Waals surface area contributed by atoms with Gasteiger partial charge in [-0.05, 0) is 19.9 Å². The number of methoxy groups -OCH3 is 1. The van der Waals surface area contributed by atoms with E-state index in [-0.39, 0.29) is 30.8 Å². The number of hydrogen-bond donors (Lipinski definition) is 2. The van der Waals surface area contributed by atoms with Crippen LogP contribution in [0.15, 0.2) is 18.2 Å². The van der Waals surface area contributed by atoms with Gasteiger partial charge >= 0.3 is 0 Å². The van der Waals surface area contributed by atoms with Gasteiger partial charge in [0.05, 0.1) is 31.1 Å². The van der Waals surface area contributed by atoms with Crippen LogP contribution in [-0.2, 0) is 16.5 Å². The first-order valence-electron chi connectivity index (χ1n) is 9.54. The van der Waals surface area contributed by atoms with E-state index in [9.17, 15) is 4.39 Å². The summed E-state index contributed by atoms with van der Waals surface area (Å²) in [5.74, 6) is 0.390. The van der Waals surface area contributed by atoms with Crippen LogP contribution in [0.4, 0.5) is 15.9 Å². The molecule has 0 saturated carbocycles. The van der Waals surface area contributed by atoms with Crippen molar-refractivity contribution in [1.82, 2.24) is 9.78 Å². The standard InChI is InChI=1S/C20H28FN5O3.H2/c1-12(2)29-18-7-14(16(22)8-15(18)21)20(23)17-9-19(25(3)24-17)26-5-6-28-13(10-26)11-27-4;/h7-9,12-13,23H,5-6,10-11,22H2,1-4H3;1H. The summed E-state index contributed by atoms with van der Waals surface area (Å²) in [5.41, 5.74) is 7.10. The summed E-state index contributed by atoms with van der Waals surface area (Å²) >= 11 is 0. The molecule has 1 aliphatic heterocycles. The zero-order valence-electron chi connectivity index (χ0n) is 17.2. The van der Waals surface area contributed by atoms with Crippen LogP contribution < -0.4 is 15.4 Å². The van der Waals surface area contributed by atoms with Gasteiger partial charge in [0.15, 0.2) is 11.6 Å². The van der Waals surface area contributed by atoms with Gasteiger partial charge in [0, 0.05) is 52.1 Å². The molecule has 1 aliphatic rings. The minimum atomic E-state index is -0.549. The lowest BCUT2D eigenvalue weighted by Gasteiger charge is -2.33. The number of aromatic nitrogens is 2. The molecule has 1 atom stereocenters. The number of rotatable bonds is 7. The highest BCUT2D eigenvalue weighted by molar-refractivity contribution is 6.13. The van der Waals surface area contributed by atoms with E-state index in [1.807, 2.05) is 27.0 Å². The lowest BCUT2D eigenvalue weighted by atomic mass is 10.0. The van der Waals surface area contributed by atoms with Crippen LogP contribution in [0.3, 0.4) is 0 Å². The van der Waals surface area contributed by atoms with E-state index in [4.69, 9.17) is 25.4 Å². The predicted molar refractivity (Wildman–Crippen MR) is 112 cm³/mol. The van der Waals surface area contributed by atoms with Crippen LogP contribution in [0.1, 0.15) is 26.5 Å². The molecule has 2 aromatic rings. The number of anilines is 2. The van der Waals surface area contributed by atoms with E-state index >= 15 is 0 Å². The Bertz CT molecular complexity index is 888. The molecule has 0 spiro atoms. The molecule has 1 unspecified atom stereocenters. The lowest BCUT2D eigenvalue weighted by Crippen LogP contribution is -2.45. The second-order valence-electron chi connectivity index (χ2n) is 7.32. The van der Waals surface area contributed by atoms with E-state index in [2.05, 4.69) is 10.00 Å². The zero-order chi connectivity index (χ0) is 21.1. The Labute approximate surface area is 171 Å². The smallest absolute Gasteiger partial charge is 0.167 e. The normalized spacial score (nSPS) is 17.0. The van der Waals surface area contributed by atoms with Crippen molar-refractivity contribution in [3.05, 3.63) is 35.3 Å². The topological polar surface area (TPSA) is 98.6 Å². The SMILES string of the molecule is COCC1CN(c2cc(C(=N)c3cc(OC(C)C)c(F)cc3N)nn2C)CCO1.[HH]. The third-order valence-electron chi connectivity index (χ3n) is 4.66. The van der Waals surface area contributed by atoms with Gasteiger partial charge in [0.25, 0.3) is 0 Å². The number of morpholine rings is 1. The fourth-order valence-corrected chi connectivity index (χ4v) is 3.36. The van der Waals surface area contributed by atoms with Gasteiger partial charge in [-0.1, -0.05) is 0 Å². The van der Waals surface area contributed by atoms with E-state index < -0.39 is 5.82 Å². The molecule has 3 rings (SSSR count). The number of ether oxygens (including phenoxy) is 3. The Morgan fingerprint density at radius 2 is 2.21 bits per heavy atom. The first-order valence-corrected chi connectivity index (χ1v) is 9.54. The molecule has 8 nitrogen and oxygen atoms in total. The average Bonchev–Trinajstić information content (AvgIpc) is 3.05. The van der Waals surface area contributed by atoms with Gasteiger partial charge in [-0.3, -0.25) is 10.1 Å². The van der Waals surface area contributed by atoms with Gasteiger partial charge in [-0.15, -0.1) is 0 Å². The Hall–Kier alpha value is -2.65. The molecule has 1 saturated heterocycles. The summed E-state index contributed by atoms with van der Waals surface area (Å²) in [6.45, 7) is 6.12. The third kappa shape index (κ3) is 4.68. The maximum atomic E-state index is 14.1. The van der Waals surface area contributed by atoms with Crippen LogP contribution in [-0.4, -0.2) is 61.1 Å². The third-order valence-corrected chi connectivity index (χ3v) is 4.66. The Kier molecular flexibility index (Phi) is 6.39. The summed E-state index contributed by atoms with van der Waals surface area (Å²) in [4.78, 5) is 2.15. The maximum absolute atomic E-state index is 14.1. The number of halogens is 1. The highest BCUT2D eigenvalue weighted by Crippen LogP contribution is 2.28. The first kappa shape index (κ1) is 21.1. The molecular formula is C20H30FN5O3. The largest absolute Gasteiger partial charge is 0.488 e. The molecular weight excluding hydrogens is 377 g/mol. The van der Waals surface area contributed by atoms with Crippen molar-refractivity contribution in [2.75, 3.05) is 44.0 Å². The van der Waals surface area contributed by atoms with E-state index in [0.29, 0.717) is 31.0 Å². The van der Waals surface area contributed by atoms with E-state index in [1.54, 1.807) is 11.8 Å². The molecule has 0 aliphatic carbocycles. The Morgan fingerprint density at radius 1 is 1.45 bits per heavy atom.